The van der Waals surface area contributed by atoms with Crippen molar-refractivity contribution in [3.63, 3.8) is 0 Å². The van der Waals surface area contributed by atoms with Crippen LogP contribution in [-0.4, -0.2) is 13.2 Å². The summed E-state index contributed by atoms with van der Waals surface area (Å²) in [6.45, 7) is 5.45. The maximum atomic E-state index is 6.31. The summed E-state index contributed by atoms with van der Waals surface area (Å²) in [5, 5.41) is 4.96. The first-order valence-corrected chi connectivity index (χ1v) is 8.44. The highest BCUT2D eigenvalue weighted by Crippen LogP contribution is 2.37. The zero-order valence-electron chi connectivity index (χ0n) is 13.0. The Labute approximate surface area is 151 Å². The highest BCUT2D eigenvalue weighted by molar-refractivity contribution is 6.35. The molecule has 0 bridgehead atoms. The van der Waals surface area contributed by atoms with Crippen LogP contribution in [0.5, 0.6) is 11.5 Å². The van der Waals surface area contributed by atoms with Crippen molar-refractivity contribution in [3.8, 4) is 11.5 Å². The SMILES string of the molecule is CCOc1cc(CNc2cc(Cl)cc(Cl)c2)cc(Cl)c1OCC. The standard InChI is InChI=1S/C17H18Cl3NO2/c1-3-22-16-6-11(5-15(20)17(16)23-4-2)10-21-14-8-12(18)7-13(19)9-14/h5-9,21H,3-4,10H2,1-2H3. The predicted molar refractivity (Wildman–Crippen MR) is 97.6 cm³/mol. The van der Waals surface area contributed by atoms with Gasteiger partial charge in [0.15, 0.2) is 11.5 Å². The van der Waals surface area contributed by atoms with Crippen LogP contribution in [0.25, 0.3) is 0 Å². The molecule has 0 aliphatic carbocycles. The fraction of sp³-hybridized carbons (Fsp3) is 0.294. The minimum absolute atomic E-state index is 0.526. The van der Waals surface area contributed by atoms with Gasteiger partial charge in [0.25, 0.3) is 0 Å². The van der Waals surface area contributed by atoms with Gasteiger partial charge in [-0.15, -0.1) is 0 Å². The quantitative estimate of drug-likeness (QED) is 0.639. The molecule has 0 radical (unpaired) electrons. The van der Waals surface area contributed by atoms with Gasteiger partial charge in [0.1, 0.15) is 0 Å². The number of benzene rings is 2. The van der Waals surface area contributed by atoms with Crippen LogP contribution in [0.3, 0.4) is 0 Å². The first-order chi connectivity index (χ1) is 11.0. The van der Waals surface area contributed by atoms with E-state index < -0.39 is 0 Å². The van der Waals surface area contributed by atoms with Gasteiger partial charge in [-0.3, -0.25) is 0 Å². The van der Waals surface area contributed by atoms with Gasteiger partial charge in [-0.1, -0.05) is 34.8 Å². The van der Waals surface area contributed by atoms with Crippen LogP contribution >= 0.6 is 34.8 Å². The Hall–Kier alpha value is -1.29. The Bertz CT molecular complexity index is 657. The van der Waals surface area contributed by atoms with Gasteiger partial charge in [-0.25, -0.2) is 0 Å². The molecule has 2 rings (SSSR count). The van der Waals surface area contributed by atoms with Crippen molar-refractivity contribution in [2.24, 2.45) is 0 Å². The van der Waals surface area contributed by atoms with Gasteiger partial charge in [0.2, 0.25) is 0 Å². The van der Waals surface area contributed by atoms with Crippen LogP contribution in [0.2, 0.25) is 15.1 Å². The smallest absolute Gasteiger partial charge is 0.179 e. The molecule has 0 aromatic heterocycles. The zero-order valence-corrected chi connectivity index (χ0v) is 15.2. The van der Waals surface area contributed by atoms with Crippen LogP contribution in [0.1, 0.15) is 19.4 Å². The first kappa shape index (κ1) is 18.1. The largest absolute Gasteiger partial charge is 0.490 e. The third-order valence-corrected chi connectivity index (χ3v) is 3.73. The summed E-state index contributed by atoms with van der Waals surface area (Å²) < 4.78 is 11.2. The molecule has 0 heterocycles. The molecular formula is C17H18Cl3NO2. The van der Waals surface area contributed by atoms with Crippen LogP contribution in [-0.2, 0) is 6.54 Å². The summed E-state index contributed by atoms with van der Waals surface area (Å²) in [5.41, 5.74) is 1.81. The molecule has 0 spiro atoms. The molecular weight excluding hydrogens is 357 g/mol. The van der Waals surface area contributed by atoms with E-state index in [0.29, 0.717) is 46.3 Å². The van der Waals surface area contributed by atoms with Crippen molar-refractivity contribution < 1.29 is 9.47 Å². The number of ether oxygens (including phenoxy) is 2. The number of anilines is 1. The van der Waals surface area contributed by atoms with Crippen molar-refractivity contribution in [1.29, 1.82) is 0 Å². The molecule has 23 heavy (non-hydrogen) atoms. The van der Waals surface area contributed by atoms with Gasteiger partial charge in [0.05, 0.1) is 18.2 Å². The Morgan fingerprint density at radius 2 is 1.52 bits per heavy atom. The van der Waals surface area contributed by atoms with Crippen molar-refractivity contribution in [3.05, 3.63) is 51.0 Å². The summed E-state index contributed by atoms with van der Waals surface area (Å²) in [4.78, 5) is 0. The fourth-order valence-corrected chi connectivity index (χ4v) is 2.94. The molecule has 124 valence electrons. The molecule has 0 atom stereocenters. The molecule has 0 aliphatic rings. The lowest BCUT2D eigenvalue weighted by Gasteiger charge is -2.15. The molecule has 3 nitrogen and oxygen atoms in total. The topological polar surface area (TPSA) is 30.5 Å². The first-order valence-electron chi connectivity index (χ1n) is 7.31. The van der Waals surface area contributed by atoms with Gasteiger partial charge >= 0.3 is 0 Å². The summed E-state index contributed by atoms with van der Waals surface area (Å²) in [5.74, 6) is 1.22. The van der Waals surface area contributed by atoms with E-state index in [0.717, 1.165) is 11.3 Å². The second-order valence-corrected chi connectivity index (χ2v) is 6.06. The second-order valence-electron chi connectivity index (χ2n) is 4.78. The third kappa shape index (κ3) is 5.10. The van der Waals surface area contributed by atoms with E-state index in [1.54, 1.807) is 6.07 Å². The summed E-state index contributed by atoms with van der Waals surface area (Å²) in [7, 11) is 0. The third-order valence-electron chi connectivity index (χ3n) is 3.02. The molecule has 0 saturated heterocycles. The maximum Gasteiger partial charge on any atom is 0.179 e. The molecule has 0 fully saturated rings. The van der Waals surface area contributed by atoms with Gasteiger partial charge < -0.3 is 14.8 Å². The van der Waals surface area contributed by atoms with E-state index in [4.69, 9.17) is 44.3 Å². The van der Waals surface area contributed by atoms with Crippen molar-refractivity contribution in [2.45, 2.75) is 20.4 Å². The molecule has 6 heteroatoms. The number of hydrogen-bond donors (Lipinski definition) is 1. The molecule has 0 amide bonds. The Morgan fingerprint density at radius 1 is 0.870 bits per heavy atom. The maximum absolute atomic E-state index is 6.31. The Kier molecular flexibility index (Phi) is 6.70. The molecule has 0 saturated carbocycles. The summed E-state index contributed by atoms with van der Waals surface area (Å²) in [6, 6.07) is 9.09. The molecule has 2 aromatic rings. The number of hydrogen-bond acceptors (Lipinski definition) is 3. The Morgan fingerprint density at radius 3 is 2.13 bits per heavy atom. The molecule has 1 N–H and O–H groups in total. The van der Waals surface area contributed by atoms with Gasteiger partial charge in [-0.2, -0.15) is 0 Å². The van der Waals surface area contributed by atoms with Crippen LogP contribution < -0.4 is 14.8 Å². The number of halogens is 3. The average Bonchev–Trinajstić information content (AvgIpc) is 2.48. The van der Waals surface area contributed by atoms with E-state index in [2.05, 4.69) is 5.32 Å². The number of nitrogens with one attached hydrogen (secondary N) is 1. The molecule has 0 unspecified atom stereocenters. The minimum Gasteiger partial charge on any atom is -0.490 e. The normalized spacial score (nSPS) is 10.5. The van der Waals surface area contributed by atoms with E-state index >= 15 is 0 Å². The summed E-state index contributed by atoms with van der Waals surface area (Å²) in [6.07, 6.45) is 0. The monoisotopic (exact) mass is 373 g/mol. The average molecular weight is 375 g/mol. The lowest BCUT2D eigenvalue weighted by molar-refractivity contribution is 0.287. The fourth-order valence-electron chi connectivity index (χ4n) is 2.13. The van der Waals surface area contributed by atoms with E-state index in [1.807, 2.05) is 38.1 Å². The van der Waals surface area contributed by atoms with Crippen LogP contribution in [0.15, 0.2) is 30.3 Å². The highest BCUT2D eigenvalue weighted by atomic mass is 35.5. The number of rotatable bonds is 7. The molecule has 0 aliphatic heterocycles. The van der Waals surface area contributed by atoms with E-state index in [-0.39, 0.29) is 0 Å². The minimum atomic E-state index is 0.526. The van der Waals surface area contributed by atoms with Crippen molar-refractivity contribution in [2.75, 3.05) is 18.5 Å². The Balaban J connectivity index is 2.19. The zero-order chi connectivity index (χ0) is 16.8. The van der Waals surface area contributed by atoms with Crippen molar-refractivity contribution in [1.82, 2.24) is 0 Å². The van der Waals surface area contributed by atoms with Crippen molar-refractivity contribution >= 4 is 40.5 Å². The molecule has 2 aromatic carbocycles. The highest BCUT2D eigenvalue weighted by Gasteiger charge is 2.12. The van der Waals surface area contributed by atoms with Gasteiger partial charge in [0, 0.05) is 22.3 Å². The van der Waals surface area contributed by atoms with Crippen LogP contribution in [0, 0.1) is 0 Å². The second kappa shape index (κ2) is 8.53. The predicted octanol–water partition coefficient (Wildman–Crippen LogP) is 6.06. The van der Waals surface area contributed by atoms with E-state index in [1.165, 1.54) is 0 Å². The van der Waals surface area contributed by atoms with Gasteiger partial charge in [-0.05, 0) is 49.7 Å². The lowest BCUT2D eigenvalue weighted by atomic mass is 10.2. The lowest BCUT2D eigenvalue weighted by Crippen LogP contribution is -2.03. The van der Waals surface area contributed by atoms with Crippen LogP contribution in [0.4, 0.5) is 5.69 Å². The summed E-state index contributed by atoms with van der Waals surface area (Å²) >= 11 is 18.3. The van der Waals surface area contributed by atoms with E-state index in [9.17, 15) is 0 Å².